The Bertz CT molecular complexity index is 431. The van der Waals surface area contributed by atoms with Crippen LogP contribution in [0.25, 0.3) is 0 Å². The first-order valence-corrected chi connectivity index (χ1v) is 6.55. The van der Waals surface area contributed by atoms with Gasteiger partial charge in [-0.2, -0.15) is 0 Å². The predicted octanol–water partition coefficient (Wildman–Crippen LogP) is 1.75. The molecule has 0 bridgehead atoms. The maximum atomic E-state index is 11.4. The lowest BCUT2D eigenvalue weighted by Crippen LogP contribution is -2.41. The Morgan fingerprint density at radius 1 is 1.33 bits per heavy atom. The first-order chi connectivity index (χ1) is 8.63. The van der Waals surface area contributed by atoms with Gasteiger partial charge in [-0.15, -0.1) is 0 Å². The molecule has 5 heteroatoms. The van der Waals surface area contributed by atoms with Crippen LogP contribution in [-0.2, 0) is 16.0 Å². The van der Waals surface area contributed by atoms with Gasteiger partial charge in [0.1, 0.15) is 6.04 Å². The van der Waals surface area contributed by atoms with Gasteiger partial charge in [0.2, 0.25) is 5.91 Å². The van der Waals surface area contributed by atoms with Crippen LogP contribution in [0, 0.1) is 0 Å². The van der Waals surface area contributed by atoms with E-state index in [1.807, 2.05) is 30.3 Å². The summed E-state index contributed by atoms with van der Waals surface area (Å²) in [4.78, 5) is 22.5. The molecule has 1 amide bonds. The summed E-state index contributed by atoms with van der Waals surface area (Å²) < 4.78 is 0. The third-order valence-corrected chi connectivity index (χ3v) is 2.63. The van der Waals surface area contributed by atoms with Gasteiger partial charge < -0.3 is 10.4 Å². The summed E-state index contributed by atoms with van der Waals surface area (Å²) >= 11 is 3.14. The lowest BCUT2D eigenvalue weighted by molar-refractivity contribution is -0.141. The summed E-state index contributed by atoms with van der Waals surface area (Å²) in [7, 11) is 0. The number of hydrogen-bond donors (Lipinski definition) is 2. The Morgan fingerprint density at radius 3 is 2.56 bits per heavy atom. The lowest BCUT2D eigenvalue weighted by atomic mass is 10.1. The summed E-state index contributed by atoms with van der Waals surface area (Å²) in [6.45, 7) is 0. The number of aliphatic carboxylic acids is 1. The number of carboxylic acid groups (broad SMARTS) is 1. The summed E-state index contributed by atoms with van der Waals surface area (Å²) in [6, 6.07) is 8.27. The molecular weight excluding hydrogens is 298 g/mol. The lowest BCUT2D eigenvalue weighted by Gasteiger charge is -2.13. The molecule has 1 aromatic carbocycles. The zero-order chi connectivity index (χ0) is 13.4. The van der Waals surface area contributed by atoms with Crippen LogP contribution >= 0.6 is 15.9 Å². The Morgan fingerprint density at radius 2 is 2.00 bits per heavy atom. The highest BCUT2D eigenvalue weighted by Crippen LogP contribution is 2.03. The number of halogens is 1. The van der Waals surface area contributed by atoms with Crippen LogP contribution in [0.15, 0.2) is 42.5 Å². The average Bonchev–Trinajstić information content (AvgIpc) is 2.36. The number of allylic oxidation sites excluding steroid dienone is 1. The second-order valence-electron chi connectivity index (χ2n) is 3.65. The topological polar surface area (TPSA) is 66.4 Å². The highest BCUT2D eigenvalue weighted by Gasteiger charge is 2.19. The van der Waals surface area contributed by atoms with Crippen LogP contribution in [0.5, 0.6) is 0 Å². The molecule has 0 aliphatic heterocycles. The fourth-order valence-electron chi connectivity index (χ4n) is 1.42. The molecule has 18 heavy (non-hydrogen) atoms. The molecule has 96 valence electrons. The monoisotopic (exact) mass is 311 g/mol. The van der Waals surface area contributed by atoms with E-state index in [9.17, 15) is 9.59 Å². The minimum Gasteiger partial charge on any atom is -0.480 e. The Kier molecular flexibility index (Phi) is 6.14. The Balaban J connectivity index is 2.64. The highest BCUT2D eigenvalue weighted by molar-refractivity contribution is 9.09. The third kappa shape index (κ3) is 5.14. The van der Waals surface area contributed by atoms with Crippen molar-refractivity contribution in [1.82, 2.24) is 5.32 Å². The zero-order valence-electron chi connectivity index (χ0n) is 9.67. The number of nitrogens with one attached hydrogen (secondary N) is 1. The fourth-order valence-corrected chi connectivity index (χ4v) is 1.61. The molecule has 0 unspecified atom stereocenters. The largest absolute Gasteiger partial charge is 0.480 e. The Labute approximate surface area is 114 Å². The molecule has 0 heterocycles. The standard InChI is InChI=1S/C13H14BrNO3/c14-8-4-7-12(16)15-11(13(17)18)9-10-5-2-1-3-6-10/h1-7,11H,8-9H2,(H,15,16)(H,17,18)/b7-4+/t11-/m0/s1. The van der Waals surface area contributed by atoms with Crippen molar-refractivity contribution >= 4 is 27.8 Å². The minimum absolute atomic E-state index is 0.268. The molecule has 1 aromatic rings. The molecule has 0 aliphatic carbocycles. The molecule has 0 radical (unpaired) electrons. The van der Waals surface area contributed by atoms with Gasteiger partial charge in [-0.25, -0.2) is 4.79 Å². The van der Waals surface area contributed by atoms with Crippen LogP contribution in [0.1, 0.15) is 5.56 Å². The smallest absolute Gasteiger partial charge is 0.326 e. The highest BCUT2D eigenvalue weighted by atomic mass is 79.9. The summed E-state index contributed by atoms with van der Waals surface area (Å²) in [5, 5.41) is 12.1. The van der Waals surface area contributed by atoms with Crippen molar-refractivity contribution in [2.45, 2.75) is 12.5 Å². The van der Waals surface area contributed by atoms with Crippen molar-refractivity contribution in [3.63, 3.8) is 0 Å². The van der Waals surface area contributed by atoms with Crippen LogP contribution < -0.4 is 5.32 Å². The summed E-state index contributed by atoms with van der Waals surface area (Å²) in [5.41, 5.74) is 0.870. The fraction of sp³-hybridized carbons (Fsp3) is 0.231. The number of benzene rings is 1. The molecule has 0 fully saturated rings. The molecule has 1 atom stereocenters. The van der Waals surface area contributed by atoms with Crippen LogP contribution in [0.3, 0.4) is 0 Å². The van der Waals surface area contributed by atoms with E-state index in [1.54, 1.807) is 6.08 Å². The SMILES string of the molecule is O=C(/C=C/CBr)N[C@@H](Cc1ccccc1)C(=O)O. The van der Waals surface area contributed by atoms with Crippen molar-refractivity contribution in [3.8, 4) is 0 Å². The number of carboxylic acids is 1. The molecule has 0 saturated carbocycles. The maximum Gasteiger partial charge on any atom is 0.326 e. The van der Waals surface area contributed by atoms with Crippen molar-refractivity contribution in [2.24, 2.45) is 0 Å². The van der Waals surface area contributed by atoms with E-state index in [-0.39, 0.29) is 6.42 Å². The van der Waals surface area contributed by atoms with E-state index in [1.165, 1.54) is 6.08 Å². The molecule has 0 spiro atoms. The molecule has 0 aliphatic rings. The van der Waals surface area contributed by atoms with Crippen molar-refractivity contribution in [2.75, 3.05) is 5.33 Å². The van der Waals surface area contributed by atoms with Gasteiger partial charge in [-0.05, 0) is 11.6 Å². The van der Waals surface area contributed by atoms with E-state index in [0.29, 0.717) is 5.33 Å². The first kappa shape index (κ1) is 14.4. The number of hydrogen-bond acceptors (Lipinski definition) is 2. The number of carbonyl (C=O) groups excluding carboxylic acids is 1. The van der Waals surface area contributed by atoms with E-state index >= 15 is 0 Å². The van der Waals surface area contributed by atoms with E-state index in [4.69, 9.17) is 5.11 Å². The molecule has 4 nitrogen and oxygen atoms in total. The van der Waals surface area contributed by atoms with E-state index in [0.717, 1.165) is 5.56 Å². The quantitative estimate of drug-likeness (QED) is 0.621. The van der Waals surface area contributed by atoms with Crippen LogP contribution in [0.2, 0.25) is 0 Å². The zero-order valence-corrected chi connectivity index (χ0v) is 11.3. The molecule has 0 aromatic heterocycles. The van der Waals surface area contributed by atoms with Gasteiger partial charge in [0.05, 0.1) is 0 Å². The normalized spacial score (nSPS) is 12.3. The second-order valence-corrected chi connectivity index (χ2v) is 4.29. The van der Waals surface area contributed by atoms with Crippen molar-refractivity contribution < 1.29 is 14.7 Å². The van der Waals surface area contributed by atoms with Gasteiger partial charge in [-0.1, -0.05) is 52.3 Å². The molecule has 1 rings (SSSR count). The summed E-state index contributed by atoms with van der Waals surface area (Å²) in [5.74, 6) is -1.45. The van der Waals surface area contributed by atoms with Gasteiger partial charge in [0.25, 0.3) is 0 Å². The van der Waals surface area contributed by atoms with Crippen LogP contribution in [0.4, 0.5) is 0 Å². The van der Waals surface area contributed by atoms with Gasteiger partial charge in [0.15, 0.2) is 0 Å². The van der Waals surface area contributed by atoms with Gasteiger partial charge in [-0.3, -0.25) is 4.79 Å². The summed E-state index contributed by atoms with van der Waals surface area (Å²) in [6.07, 6.45) is 3.19. The molecule has 2 N–H and O–H groups in total. The number of carbonyl (C=O) groups is 2. The van der Waals surface area contributed by atoms with Crippen LogP contribution in [-0.4, -0.2) is 28.4 Å². The number of rotatable bonds is 6. The predicted molar refractivity (Wildman–Crippen MR) is 72.6 cm³/mol. The first-order valence-electron chi connectivity index (χ1n) is 5.43. The third-order valence-electron chi connectivity index (χ3n) is 2.26. The Hall–Kier alpha value is -1.62. The van der Waals surface area contributed by atoms with Crippen molar-refractivity contribution in [1.29, 1.82) is 0 Å². The molecular formula is C13H14BrNO3. The average molecular weight is 312 g/mol. The van der Waals surface area contributed by atoms with E-state index in [2.05, 4.69) is 21.2 Å². The maximum absolute atomic E-state index is 11.4. The number of amides is 1. The molecule has 0 saturated heterocycles. The second kappa shape index (κ2) is 7.66. The van der Waals surface area contributed by atoms with Crippen molar-refractivity contribution in [3.05, 3.63) is 48.0 Å². The van der Waals surface area contributed by atoms with Gasteiger partial charge >= 0.3 is 5.97 Å². The van der Waals surface area contributed by atoms with E-state index < -0.39 is 17.9 Å². The number of alkyl halides is 1. The van der Waals surface area contributed by atoms with Gasteiger partial charge in [0, 0.05) is 11.8 Å². The minimum atomic E-state index is -1.04.